The molecule has 32 heavy (non-hydrogen) atoms. The maximum absolute atomic E-state index is 13.6. The molecule has 3 aromatic heterocycles. The van der Waals surface area contributed by atoms with Crippen molar-refractivity contribution in [1.82, 2.24) is 14.6 Å². The zero-order chi connectivity index (χ0) is 22.3. The van der Waals surface area contributed by atoms with Crippen LogP contribution in [0.25, 0.3) is 27.9 Å². The van der Waals surface area contributed by atoms with Gasteiger partial charge in [-0.25, -0.2) is 17.3 Å². The predicted molar refractivity (Wildman–Crippen MR) is 120 cm³/mol. The number of halogens is 1. The number of aromatic nitrogens is 3. The maximum atomic E-state index is 13.6. The molecule has 5 rings (SSSR count). The fourth-order valence-corrected chi connectivity index (χ4v) is 5.06. The Morgan fingerprint density at radius 2 is 1.50 bits per heavy atom. The minimum atomic E-state index is -3.83. The summed E-state index contributed by atoms with van der Waals surface area (Å²) in [5.74, 6) is -0.356. The molecule has 0 aliphatic carbocycles. The van der Waals surface area contributed by atoms with Gasteiger partial charge >= 0.3 is 0 Å². The Bertz CT molecular complexity index is 1530. The van der Waals surface area contributed by atoms with Crippen molar-refractivity contribution in [3.8, 4) is 22.4 Å². The normalized spacial score (nSPS) is 11.7. The van der Waals surface area contributed by atoms with Gasteiger partial charge in [-0.1, -0.05) is 23.8 Å². The summed E-state index contributed by atoms with van der Waals surface area (Å²) < 4.78 is 42.0. The number of benzene rings is 2. The number of hydrogen-bond donors (Lipinski definition) is 0. The second kappa shape index (κ2) is 7.69. The molecule has 2 aromatic carbocycles. The summed E-state index contributed by atoms with van der Waals surface area (Å²) in [6, 6.07) is 21.5. The molecule has 5 aromatic rings. The number of sulfone groups is 1. The zero-order valence-electron chi connectivity index (χ0n) is 17.1. The highest BCUT2D eigenvalue weighted by molar-refractivity contribution is 7.91. The second-order valence-corrected chi connectivity index (χ2v) is 9.34. The molecule has 0 amide bonds. The van der Waals surface area contributed by atoms with Gasteiger partial charge in [-0.15, -0.1) is 0 Å². The first kappa shape index (κ1) is 20.1. The van der Waals surface area contributed by atoms with E-state index in [1.807, 2.05) is 25.1 Å². The zero-order valence-corrected chi connectivity index (χ0v) is 17.9. The molecule has 0 bridgehead atoms. The Hall–Kier alpha value is -3.84. The van der Waals surface area contributed by atoms with Gasteiger partial charge in [-0.3, -0.25) is 4.98 Å². The monoisotopic (exact) mass is 443 g/mol. The van der Waals surface area contributed by atoms with Gasteiger partial charge in [0.05, 0.1) is 10.4 Å². The van der Waals surface area contributed by atoms with E-state index in [4.69, 9.17) is 5.10 Å². The Morgan fingerprint density at radius 3 is 2.19 bits per heavy atom. The molecule has 7 heteroatoms. The standard InChI is InChI=1S/C25H18FN3O2S/c1-17-5-11-21(12-6-17)32(30,31)23-4-2-3-22-24(18-13-15-27-16-14-18)25(28-29(22)23)19-7-9-20(26)10-8-19/h2-16H,1H3. The number of nitrogens with zero attached hydrogens (tertiary/aromatic N) is 3. The first-order valence-electron chi connectivity index (χ1n) is 9.95. The van der Waals surface area contributed by atoms with E-state index in [0.717, 1.165) is 16.7 Å². The fourth-order valence-electron chi connectivity index (χ4n) is 3.70. The van der Waals surface area contributed by atoms with Crippen LogP contribution >= 0.6 is 0 Å². The average molecular weight is 444 g/mol. The third kappa shape index (κ3) is 3.36. The van der Waals surface area contributed by atoms with Gasteiger partial charge in [0.15, 0.2) is 5.03 Å². The number of pyridine rings is 2. The van der Waals surface area contributed by atoms with Crippen LogP contribution in [0.5, 0.6) is 0 Å². The Labute approximate surface area is 184 Å². The van der Waals surface area contributed by atoms with E-state index in [1.165, 1.54) is 16.6 Å². The quantitative estimate of drug-likeness (QED) is 0.376. The van der Waals surface area contributed by atoms with Crippen LogP contribution in [0, 0.1) is 12.7 Å². The largest absolute Gasteiger partial charge is 0.265 e. The SMILES string of the molecule is Cc1ccc(S(=O)(=O)c2cccc3c(-c4ccncc4)c(-c4ccc(F)cc4)nn23)cc1. The lowest BCUT2D eigenvalue weighted by atomic mass is 10.0. The van der Waals surface area contributed by atoms with Crippen LogP contribution < -0.4 is 0 Å². The van der Waals surface area contributed by atoms with Gasteiger partial charge in [0.25, 0.3) is 0 Å². The third-order valence-corrected chi connectivity index (χ3v) is 7.07. The van der Waals surface area contributed by atoms with E-state index < -0.39 is 9.84 Å². The van der Waals surface area contributed by atoms with Gasteiger partial charge in [0.2, 0.25) is 9.84 Å². The van der Waals surface area contributed by atoms with E-state index >= 15 is 0 Å². The van der Waals surface area contributed by atoms with Crippen molar-refractivity contribution in [1.29, 1.82) is 0 Å². The molecule has 0 spiro atoms. The number of fused-ring (bicyclic) bond motifs is 1. The van der Waals surface area contributed by atoms with Gasteiger partial charge in [-0.2, -0.15) is 5.10 Å². The molecule has 158 valence electrons. The van der Waals surface area contributed by atoms with E-state index in [1.54, 1.807) is 60.9 Å². The van der Waals surface area contributed by atoms with Crippen LogP contribution in [0.15, 0.2) is 101 Å². The van der Waals surface area contributed by atoms with Gasteiger partial charge in [-0.05, 0) is 73.2 Å². The van der Waals surface area contributed by atoms with Crippen LogP contribution in [-0.4, -0.2) is 23.0 Å². The number of rotatable bonds is 4. The minimum Gasteiger partial charge on any atom is -0.265 e. The summed E-state index contributed by atoms with van der Waals surface area (Å²) in [5.41, 5.74) is 4.42. The van der Waals surface area contributed by atoms with Gasteiger partial charge < -0.3 is 0 Å². The van der Waals surface area contributed by atoms with Crippen LogP contribution in [-0.2, 0) is 9.84 Å². The molecule has 0 aliphatic rings. The maximum Gasteiger partial charge on any atom is 0.223 e. The molecule has 0 radical (unpaired) electrons. The van der Waals surface area contributed by atoms with E-state index in [2.05, 4.69) is 4.98 Å². The summed E-state index contributed by atoms with van der Waals surface area (Å²) >= 11 is 0. The molecule has 0 unspecified atom stereocenters. The van der Waals surface area contributed by atoms with Crippen molar-refractivity contribution >= 4 is 15.4 Å². The Balaban J connectivity index is 1.82. The van der Waals surface area contributed by atoms with Gasteiger partial charge in [0.1, 0.15) is 11.5 Å². The van der Waals surface area contributed by atoms with Crippen molar-refractivity contribution in [2.24, 2.45) is 0 Å². The lowest BCUT2D eigenvalue weighted by Crippen LogP contribution is -2.08. The van der Waals surface area contributed by atoms with E-state index in [0.29, 0.717) is 16.8 Å². The summed E-state index contributed by atoms with van der Waals surface area (Å²) in [5, 5.41) is 4.75. The molecule has 0 saturated heterocycles. The van der Waals surface area contributed by atoms with Crippen molar-refractivity contribution in [3.05, 3.63) is 103 Å². The number of hydrogen-bond acceptors (Lipinski definition) is 4. The molecule has 0 saturated carbocycles. The molecular weight excluding hydrogens is 425 g/mol. The molecular formula is C25H18FN3O2S. The van der Waals surface area contributed by atoms with E-state index in [-0.39, 0.29) is 15.7 Å². The smallest absolute Gasteiger partial charge is 0.223 e. The minimum absolute atomic E-state index is 0.0579. The summed E-state index contributed by atoms with van der Waals surface area (Å²) in [7, 11) is -3.83. The third-order valence-electron chi connectivity index (χ3n) is 5.32. The van der Waals surface area contributed by atoms with Crippen molar-refractivity contribution < 1.29 is 12.8 Å². The highest BCUT2D eigenvalue weighted by atomic mass is 32.2. The first-order valence-corrected chi connectivity index (χ1v) is 11.4. The summed E-state index contributed by atoms with van der Waals surface area (Å²) in [6.45, 7) is 1.90. The van der Waals surface area contributed by atoms with Crippen molar-refractivity contribution in [3.63, 3.8) is 0 Å². The highest BCUT2D eigenvalue weighted by Crippen LogP contribution is 2.36. The van der Waals surface area contributed by atoms with Crippen LogP contribution in [0.3, 0.4) is 0 Å². The molecule has 0 fully saturated rings. The van der Waals surface area contributed by atoms with Gasteiger partial charge in [0, 0.05) is 23.5 Å². The predicted octanol–water partition coefficient (Wildman–Crippen LogP) is 5.34. The molecule has 0 aliphatic heterocycles. The topological polar surface area (TPSA) is 64.3 Å². The van der Waals surface area contributed by atoms with Crippen LogP contribution in [0.4, 0.5) is 4.39 Å². The molecule has 3 heterocycles. The molecule has 0 N–H and O–H groups in total. The lowest BCUT2D eigenvalue weighted by Gasteiger charge is -2.08. The first-order chi connectivity index (χ1) is 15.4. The Morgan fingerprint density at radius 1 is 0.812 bits per heavy atom. The second-order valence-electron chi connectivity index (χ2n) is 7.44. The average Bonchev–Trinajstić information content (AvgIpc) is 3.20. The Kier molecular flexibility index (Phi) is 4.83. The van der Waals surface area contributed by atoms with Crippen molar-refractivity contribution in [2.45, 2.75) is 16.8 Å². The van der Waals surface area contributed by atoms with Crippen LogP contribution in [0.2, 0.25) is 0 Å². The lowest BCUT2D eigenvalue weighted by molar-refractivity contribution is 0.587. The fraction of sp³-hybridized carbons (Fsp3) is 0.0400. The van der Waals surface area contributed by atoms with Crippen molar-refractivity contribution in [2.75, 3.05) is 0 Å². The molecule has 5 nitrogen and oxygen atoms in total. The summed E-state index contributed by atoms with van der Waals surface area (Å²) in [6.07, 6.45) is 3.33. The van der Waals surface area contributed by atoms with Crippen LogP contribution in [0.1, 0.15) is 5.56 Å². The highest BCUT2D eigenvalue weighted by Gasteiger charge is 2.25. The number of aryl methyl sites for hydroxylation is 1. The summed E-state index contributed by atoms with van der Waals surface area (Å²) in [4.78, 5) is 4.27. The molecule has 0 atom stereocenters. The van der Waals surface area contributed by atoms with E-state index in [9.17, 15) is 12.8 Å².